The second kappa shape index (κ2) is 9.30. The van der Waals surface area contributed by atoms with Crippen molar-refractivity contribution in [2.75, 3.05) is 5.32 Å². The summed E-state index contributed by atoms with van der Waals surface area (Å²) in [4.78, 5) is 16.3. The minimum absolute atomic E-state index is 0.0486. The molecule has 0 saturated heterocycles. The fourth-order valence-electron chi connectivity index (χ4n) is 3.02. The van der Waals surface area contributed by atoms with Crippen LogP contribution < -0.4 is 10.1 Å². The van der Waals surface area contributed by atoms with Crippen LogP contribution in [0.5, 0.6) is 5.75 Å². The van der Waals surface area contributed by atoms with Crippen LogP contribution in [0.15, 0.2) is 67.0 Å². The molecule has 1 amide bonds. The number of alkyl halides is 3. The molecular formula is C23H17F4N5O2. The Kier molecular flexibility index (Phi) is 6.26. The van der Waals surface area contributed by atoms with E-state index in [0.717, 1.165) is 16.8 Å². The lowest BCUT2D eigenvalue weighted by Gasteiger charge is -2.11. The lowest BCUT2D eigenvalue weighted by molar-refractivity contribution is -0.137. The van der Waals surface area contributed by atoms with Crippen molar-refractivity contribution in [2.45, 2.75) is 19.7 Å². The lowest BCUT2D eigenvalue weighted by Crippen LogP contribution is -2.13. The fraction of sp³-hybridized carbons (Fsp3) is 0.130. The highest BCUT2D eigenvalue weighted by molar-refractivity contribution is 6.03. The van der Waals surface area contributed by atoms with E-state index in [2.05, 4.69) is 20.6 Å². The number of nitrogens with one attached hydrogen (secondary N) is 1. The summed E-state index contributed by atoms with van der Waals surface area (Å²) in [5.74, 6) is -0.286. The van der Waals surface area contributed by atoms with E-state index in [1.807, 2.05) is 0 Å². The van der Waals surface area contributed by atoms with E-state index in [0.29, 0.717) is 28.8 Å². The molecule has 2 heterocycles. The average molecular weight is 471 g/mol. The third-order valence-corrected chi connectivity index (χ3v) is 4.78. The monoisotopic (exact) mass is 471 g/mol. The summed E-state index contributed by atoms with van der Waals surface area (Å²) < 4.78 is 58.1. The summed E-state index contributed by atoms with van der Waals surface area (Å²) in [6.07, 6.45) is -2.56. The first-order chi connectivity index (χ1) is 16.2. The number of aromatic nitrogens is 4. The molecule has 0 aliphatic rings. The highest BCUT2D eigenvalue weighted by Crippen LogP contribution is 2.28. The number of rotatable bonds is 6. The van der Waals surface area contributed by atoms with Gasteiger partial charge < -0.3 is 10.1 Å². The average Bonchev–Trinajstić information content (AvgIpc) is 3.29. The molecule has 0 unspecified atom stereocenters. The molecule has 0 radical (unpaired) electrons. The van der Waals surface area contributed by atoms with Crippen LogP contribution in [0.2, 0.25) is 0 Å². The Morgan fingerprint density at radius 3 is 2.62 bits per heavy atom. The largest absolute Gasteiger partial charge is 0.489 e. The van der Waals surface area contributed by atoms with Gasteiger partial charge in [-0.05, 0) is 60.5 Å². The zero-order valence-corrected chi connectivity index (χ0v) is 17.7. The Bertz CT molecular complexity index is 1320. The Labute approximate surface area is 191 Å². The molecule has 4 aromatic rings. The van der Waals surface area contributed by atoms with Gasteiger partial charge in [-0.25, -0.2) is 14.1 Å². The van der Waals surface area contributed by atoms with Crippen LogP contribution in [0.1, 0.15) is 27.2 Å². The van der Waals surface area contributed by atoms with E-state index in [-0.39, 0.29) is 23.9 Å². The first kappa shape index (κ1) is 22.9. The highest BCUT2D eigenvalue weighted by Gasteiger charge is 2.30. The number of halogens is 4. The molecule has 0 aliphatic carbocycles. The van der Waals surface area contributed by atoms with E-state index < -0.39 is 17.6 Å². The van der Waals surface area contributed by atoms with Gasteiger partial charge in [0.2, 0.25) is 0 Å². The van der Waals surface area contributed by atoms with Crippen molar-refractivity contribution in [1.29, 1.82) is 0 Å². The van der Waals surface area contributed by atoms with E-state index in [9.17, 15) is 22.4 Å². The maximum atomic E-state index is 13.3. The zero-order valence-electron chi connectivity index (χ0n) is 17.7. The molecule has 0 spiro atoms. The van der Waals surface area contributed by atoms with Gasteiger partial charge in [0.25, 0.3) is 5.91 Å². The second-order valence-electron chi connectivity index (χ2n) is 7.30. The number of nitrogens with zero attached hydrogens (tertiary/aromatic N) is 4. The van der Waals surface area contributed by atoms with Crippen LogP contribution in [-0.2, 0) is 12.8 Å². The quantitative estimate of drug-likeness (QED) is 0.402. The molecule has 0 fully saturated rings. The van der Waals surface area contributed by atoms with Gasteiger partial charge in [0.1, 0.15) is 18.2 Å². The van der Waals surface area contributed by atoms with Crippen LogP contribution in [0.25, 0.3) is 5.82 Å². The third kappa shape index (κ3) is 5.37. The van der Waals surface area contributed by atoms with Crippen molar-refractivity contribution in [1.82, 2.24) is 20.0 Å². The first-order valence-corrected chi connectivity index (χ1v) is 9.94. The van der Waals surface area contributed by atoms with Gasteiger partial charge in [-0.1, -0.05) is 17.3 Å². The molecule has 34 heavy (non-hydrogen) atoms. The van der Waals surface area contributed by atoms with E-state index in [4.69, 9.17) is 4.74 Å². The number of hydrogen-bond acceptors (Lipinski definition) is 5. The maximum Gasteiger partial charge on any atom is 0.417 e. The van der Waals surface area contributed by atoms with Crippen LogP contribution in [0.3, 0.4) is 0 Å². The van der Waals surface area contributed by atoms with Gasteiger partial charge >= 0.3 is 6.18 Å². The van der Waals surface area contributed by atoms with Crippen LogP contribution in [0.4, 0.5) is 23.2 Å². The third-order valence-electron chi connectivity index (χ3n) is 4.78. The Balaban J connectivity index is 1.40. The molecule has 4 rings (SSSR count). The Hall–Kier alpha value is -4.28. The first-order valence-electron chi connectivity index (χ1n) is 9.94. The topological polar surface area (TPSA) is 81.9 Å². The number of anilines is 1. The number of aryl methyl sites for hydroxylation is 1. The summed E-state index contributed by atoms with van der Waals surface area (Å²) >= 11 is 0. The highest BCUT2D eigenvalue weighted by atomic mass is 19.4. The van der Waals surface area contributed by atoms with Gasteiger partial charge in [0, 0.05) is 11.9 Å². The predicted molar refractivity (Wildman–Crippen MR) is 114 cm³/mol. The van der Waals surface area contributed by atoms with Gasteiger partial charge in [-0.15, -0.1) is 5.10 Å². The van der Waals surface area contributed by atoms with Crippen molar-refractivity contribution in [3.63, 3.8) is 0 Å². The second-order valence-corrected chi connectivity index (χ2v) is 7.30. The molecule has 0 bridgehead atoms. The van der Waals surface area contributed by atoms with Gasteiger partial charge in [-0.3, -0.25) is 4.79 Å². The van der Waals surface area contributed by atoms with Crippen LogP contribution in [0, 0.1) is 12.7 Å². The molecule has 0 atom stereocenters. The molecule has 1 N–H and O–H groups in total. The fourth-order valence-corrected chi connectivity index (χ4v) is 3.02. The minimum atomic E-state index is -4.50. The number of benzene rings is 2. The molecular weight excluding hydrogens is 454 g/mol. The number of ether oxygens (including phenoxy) is 1. The van der Waals surface area contributed by atoms with E-state index in [1.165, 1.54) is 18.3 Å². The van der Waals surface area contributed by atoms with Crippen LogP contribution in [-0.4, -0.2) is 25.9 Å². The SMILES string of the molecule is Cc1cc(OCc2cccc(F)c2)ccc1NC(=O)c1cn(-c2ccc(C(F)(F)F)cn2)nn1. The minimum Gasteiger partial charge on any atom is -0.489 e. The molecule has 0 saturated carbocycles. The molecule has 2 aromatic heterocycles. The Morgan fingerprint density at radius 1 is 1.12 bits per heavy atom. The van der Waals surface area contributed by atoms with Crippen LogP contribution >= 0.6 is 0 Å². The predicted octanol–water partition coefficient (Wildman–Crippen LogP) is 4.96. The van der Waals surface area contributed by atoms with E-state index in [1.54, 1.807) is 37.3 Å². The number of carbonyl (C=O) groups is 1. The summed E-state index contributed by atoms with van der Waals surface area (Å²) in [7, 11) is 0. The van der Waals surface area contributed by atoms with Crippen molar-refractivity contribution in [3.05, 3.63) is 95.2 Å². The standard InChI is InChI=1S/C23H17F4N5O2/c1-14-9-18(34-13-15-3-2-4-17(24)10-15)6-7-19(14)29-22(33)20-12-32(31-30-20)21-8-5-16(11-28-21)23(25,26)27/h2-12H,13H2,1H3,(H,29,33). The Morgan fingerprint density at radius 2 is 1.94 bits per heavy atom. The smallest absolute Gasteiger partial charge is 0.417 e. The van der Waals surface area contributed by atoms with Gasteiger partial charge in [-0.2, -0.15) is 13.2 Å². The number of hydrogen-bond donors (Lipinski definition) is 1. The molecule has 7 nitrogen and oxygen atoms in total. The molecule has 2 aromatic carbocycles. The molecule has 11 heteroatoms. The summed E-state index contributed by atoms with van der Waals surface area (Å²) in [5.41, 5.74) is 0.952. The van der Waals surface area contributed by atoms with Crippen molar-refractivity contribution in [3.8, 4) is 11.6 Å². The normalized spacial score (nSPS) is 11.3. The summed E-state index contributed by atoms with van der Waals surface area (Å²) in [6, 6.07) is 13.1. The lowest BCUT2D eigenvalue weighted by atomic mass is 10.2. The van der Waals surface area contributed by atoms with Crippen molar-refractivity contribution >= 4 is 11.6 Å². The number of amides is 1. The van der Waals surface area contributed by atoms with Crippen molar-refractivity contribution in [2.24, 2.45) is 0 Å². The number of pyridine rings is 1. The summed E-state index contributed by atoms with van der Waals surface area (Å²) in [6.45, 7) is 1.96. The van der Waals surface area contributed by atoms with Gasteiger partial charge in [0.15, 0.2) is 11.5 Å². The molecule has 174 valence electrons. The maximum absolute atomic E-state index is 13.3. The number of carbonyl (C=O) groups excluding carboxylic acids is 1. The zero-order chi connectivity index (χ0) is 24.3. The van der Waals surface area contributed by atoms with Gasteiger partial charge in [0.05, 0.1) is 11.8 Å². The van der Waals surface area contributed by atoms with E-state index >= 15 is 0 Å². The van der Waals surface area contributed by atoms with Crippen molar-refractivity contribution < 1.29 is 27.1 Å². The summed E-state index contributed by atoms with van der Waals surface area (Å²) in [5, 5.41) is 10.2. The molecule has 0 aliphatic heterocycles.